The molecule has 1 N–H and O–H groups in total. The number of aldehydes is 1. The fourth-order valence-electron chi connectivity index (χ4n) is 1.31. The molecule has 0 aliphatic heterocycles. The molecule has 88 valence electrons. The molecule has 0 atom stereocenters. The Morgan fingerprint density at radius 3 is 2.29 bits per heavy atom. The Bertz CT molecular complexity index is 574. The van der Waals surface area contributed by atoms with Crippen LogP contribution in [0.15, 0.2) is 16.7 Å². The van der Waals surface area contributed by atoms with E-state index in [-0.39, 0.29) is 5.82 Å². The number of aromatic nitrogens is 2. The Kier molecular flexibility index (Phi) is 3.78. The van der Waals surface area contributed by atoms with Crippen LogP contribution in [0, 0.1) is 0 Å². The molecule has 1 aromatic heterocycles. The number of rotatable bonds is 2. The first-order valence-electron chi connectivity index (χ1n) is 4.38. The lowest BCUT2D eigenvalue weighted by Gasteiger charge is -2.03. The third-order valence-electron chi connectivity index (χ3n) is 2.05. The van der Waals surface area contributed by atoms with E-state index in [9.17, 15) is 4.79 Å². The van der Waals surface area contributed by atoms with Crippen molar-refractivity contribution in [2.45, 2.75) is 0 Å². The maximum Gasteiger partial charge on any atom is 0.185 e. The van der Waals surface area contributed by atoms with Crippen LogP contribution in [0.1, 0.15) is 10.6 Å². The lowest BCUT2D eigenvalue weighted by molar-refractivity contribution is 0.111. The quantitative estimate of drug-likeness (QED) is 0.632. The molecule has 0 fully saturated rings. The number of H-pyrrole nitrogens is 1. The number of carbonyl (C=O) groups is 1. The van der Waals surface area contributed by atoms with Gasteiger partial charge in [-0.3, -0.25) is 4.79 Å². The fourth-order valence-corrected chi connectivity index (χ4v) is 2.43. The molecule has 0 aliphatic carbocycles. The first-order chi connectivity index (χ1) is 8.02. The van der Waals surface area contributed by atoms with E-state index in [2.05, 4.69) is 25.9 Å². The minimum Gasteiger partial charge on any atom is -0.330 e. The number of nitrogens with one attached hydrogen (secondary N) is 1. The highest BCUT2D eigenvalue weighted by atomic mass is 79.9. The molecule has 7 heteroatoms. The molecule has 0 unspecified atom stereocenters. The van der Waals surface area contributed by atoms with Crippen LogP contribution in [-0.4, -0.2) is 16.3 Å². The monoisotopic (exact) mass is 352 g/mol. The van der Waals surface area contributed by atoms with Crippen LogP contribution in [-0.2, 0) is 0 Å². The number of hydrogen-bond acceptors (Lipinski definition) is 2. The number of halogens is 4. The zero-order valence-electron chi connectivity index (χ0n) is 8.10. The predicted molar refractivity (Wildman–Crippen MR) is 72.1 cm³/mol. The normalized spacial score (nSPS) is 10.6. The average molecular weight is 354 g/mol. The Morgan fingerprint density at radius 1 is 1.24 bits per heavy atom. The van der Waals surface area contributed by atoms with E-state index >= 15 is 0 Å². The second kappa shape index (κ2) is 4.98. The van der Waals surface area contributed by atoms with E-state index in [4.69, 9.17) is 34.8 Å². The maximum atomic E-state index is 10.6. The number of aromatic amines is 1. The van der Waals surface area contributed by atoms with Gasteiger partial charge in [0.1, 0.15) is 10.3 Å². The Morgan fingerprint density at radius 2 is 1.82 bits per heavy atom. The summed E-state index contributed by atoms with van der Waals surface area (Å²) < 4.78 is 0.578. The van der Waals surface area contributed by atoms with Crippen LogP contribution >= 0.6 is 50.7 Å². The van der Waals surface area contributed by atoms with Gasteiger partial charge < -0.3 is 4.98 Å². The van der Waals surface area contributed by atoms with Crippen LogP contribution in [0.5, 0.6) is 0 Å². The molecular formula is C10H4BrCl3N2O. The molecule has 3 nitrogen and oxygen atoms in total. The lowest BCUT2D eigenvalue weighted by atomic mass is 10.2. The van der Waals surface area contributed by atoms with E-state index in [1.54, 1.807) is 12.1 Å². The SMILES string of the molecule is O=Cc1nc(-c2cc(Cl)c(Cl)c(Cl)c2)c(Br)[nH]1. The minimum absolute atomic E-state index is 0.217. The summed E-state index contributed by atoms with van der Waals surface area (Å²) in [7, 11) is 0. The van der Waals surface area contributed by atoms with Crippen molar-refractivity contribution >= 4 is 57.0 Å². The summed E-state index contributed by atoms with van der Waals surface area (Å²) in [5.74, 6) is 0.217. The Balaban J connectivity index is 2.60. The van der Waals surface area contributed by atoms with E-state index in [0.29, 0.717) is 37.2 Å². The van der Waals surface area contributed by atoms with Crippen molar-refractivity contribution in [1.82, 2.24) is 9.97 Å². The standard InChI is InChI=1S/C10H4BrCl3N2O/c11-10-9(15-7(3-17)16-10)4-1-5(12)8(14)6(13)2-4/h1-3H,(H,15,16). The topological polar surface area (TPSA) is 45.8 Å². The second-order valence-electron chi connectivity index (χ2n) is 3.16. The molecule has 17 heavy (non-hydrogen) atoms. The molecule has 0 saturated carbocycles. The highest BCUT2D eigenvalue weighted by Gasteiger charge is 2.13. The van der Waals surface area contributed by atoms with Crippen molar-refractivity contribution in [2.24, 2.45) is 0 Å². The summed E-state index contributed by atoms with van der Waals surface area (Å²) in [4.78, 5) is 17.4. The van der Waals surface area contributed by atoms with Gasteiger partial charge in [-0.2, -0.15) is 0 Å². The molecule has 0 aliphatic rings. The van der Waals surface area contributed by atoms with E-state index in [1.165, 1.54) is 0 Å². The van der Waals surface area contributed by atoms with E-state index < -0.39 is 0 Å². The third-order valence-corrected chi connectivity index (χ3v) is 3.82. The predicted octanol–water partition coefficient (Wildman–Crippen LogP) is 4.61. The maximum absolute atomic E-state index is 10.6. The second-order valence-corrected chi connectivity index (χ2v) is 5.14. The summed E-state index contributed by atoms with van der Waals surface area (Å²) >= 11 is 21.0. The summed E-state index contributed by atoms with van der Waals surface area (Å²) in [6, 6.07) is 3.26. The summed E-state index contributed by atoms with van der Waals surface area (Å²) in [6.07, 6.45) is 0.618. The van der Waals surface area contributed by atoms with Crippen LogP contribution in [0.2, 0.25) is 15.1 Å². The largest absolute Gasteiger partial charge is 0.330 e. The van der Waals surface area contributed by atoms with Gasteiger partial charge in [0.15, 0.2) is 12.1 Å². The van der Waals surface area contributed by atoms with Gasteiger partial charge in [0.2, 0.25) is 0 Å². The van der Waals surface area contributed by atoms with Crippen molar-refractivity contribution in [3.05, 3.63) is 37.6 Å². The van der Waals surface area contributed by atoms with Crippen molar-refractivity contribution in [3.8, 4) is 11.3 Å². The van der Waals surface area contributed by atoms with Crippen molar-refractivity contribution in [3.63, 3.8) is 0 Å². The lowest BCUT2D eigenvalue weighted by Crippen LogP contribution is -1.83. The zero-order chi connectivity index (χ0) is 12.6. The Hall–Kier alpha value is -0.550. The van der Waals surface area contributed by atoms with Crippen molar-refractivity contribution in [1.29, 1.82) is 0 Å². The number of benzene rings is 1. The summed E-state index contributed by atoms with van der Waals surface area (Å²) in [5.41, 5.74) is 1.22. The molecule has 0 bridgehead atoms. The van der Waals surface area contributed by atoms with Gasteiger partial charge in [0, 0.05) is 5.56 Å². The van der Waals surface area contributed by atoms with Gasteiger partial charge in [0.25, 0.3) is 0 Å². The summed E-state index contributed by atoms with van der Waals surface area (Å²) in [5, 5.41) is 0.952. The molecule has 0 amide bonds. The number of hydrogen-bond donors (Lipinski definition) is 1. The third kappa shape index (κ3) is 2.50. The molecule has 0 radical (unpaired) electrons. The van der Waals surface area contributed by atoms with Crippen LogP contribution in [0.4, 0.5) is 0 Å². The van der Waals surface area contributed by atoms with Gasteiger partial charge in [0.05, 0.1) is 15.1 Å². The van der Waals surface area contributed by atoms with E-state index in [1.807, 2.05) is 0 Å². The molecule has 2 aromatic rings. The number of imidazole rings is 1. The van der Waals surface area contributed by atoms with Crippen molar-refractivity contribution < 1.29 is 4.79 Å². The van der Waals surface area contributed by atoms with Gasteiger partial charge in [-0.1, -0.05) is 34.8 Å². The van der Waals surface area contributed by atoms with Gasteiger partial charge in [-0.05, 0) is 28.1 Å². The van der Waals surface area contributed by atoms with Crippen molar-refractivity contribution in [2.75, 3.05) is 0 Å². The van der Waals surface area contributed by atoms with Gasteiger partial charge >= 0.3 is 0 Å². The number of nitrogens with zero attached hydrogens (tertiary/aromatic N) is 1. The molecule has 0 saturated heterocycles. The summed E-state index contributed by atoms with van der Waals surface area (Å²) in [6.45, 7) is 0. The zero-order valence-corrected chi connectivity index (χ0v) is 12.0. The minimum atomic E-state index is 0.217. The smallest absolute Gasteiger partial charge is 0.185 e. The van der Waals surface area contributed by atoms with Crippen LogP contribution in [0.3, 0.4) is 0 Å². The first-order valence-corrected chi connectivity index (χ1v) is 6.31. The first kappa shape index (κ1) is 12.9. The highest BCUT2D eigenvalue weighted by Crippen LogP contribution is 2.36. The average Bonchev–Trinajstić information content (AvgIpc) is 2.67. The molecule has 0 spiro atoms. The molecule has 2 rings (SSSR count). The molecule has 1 aromatic carbocycles. The van der Waals surface area contributed by atoms with Gasteiger partial charge in [-0.15, -0.1) is 0 Å². The highest BCUT2D eigenvalue weighted by molar-refractivity contribution is 9.10. The molecule has 1 heterocycles. The molecular weight excluding hydrogens is 350 g/mol. The van der Waals surface area contributed by atoms with E-state index in [0.717, 1.165) is 0 Å². The van der Waals surface area contributed by atoms with Gasteiger partial charge in [-0.25, -0.2) is 4.98 Å². The van der Waals surface area contributed by atoms with Crippen LogP contribution in [0.25, 0.3) is 11.3 Å². The number of carbonyl (C=O) groups excluding carboxylic acids is 1. The van der Waals surface area contributed by atoms with Crippen LogP contribution < -0.4 is 0 Å². The Labute approximate surface area is 120 Å². The fraction of sp³-hybridized carbons (Fsp3) is 0.